The maximum absolute atomic E-state index is 12.2. The second kappa shape index (κ2) is 8.13. The van der Waals surface area contributed by atoms with Crippen LogP contribution < -0.4 is 4.52 Å². The van der Waals surface area contributed by atoms with Gasteiger partial charge in [-0.05, 0) is 23.0 Å². The minimum Gasteiger partial charge on any atom is -0.465 e. The van der Waals surface area contributed by atoms with E-state index in [0.29, 0.717) is 11.3 Å². The molecule has 1 aliphatic heterocycles. The summed E-state index contributed by atoms with van der Waals surface area (Å²) in [6, 6.07) is 3.66. The van der Waals surface area contributed by atoms with Crippen LogP contribution in [0.15, 0.2) is 12.1 Å². The summed E-state index contributed by atoms with van der Waals surface area (Å²) in [5.74, 6) is 0.338. The molecule has 2 atom stereocenters. The molecule has 6 nitrogen and oxygen atoms in total. The molecule has 0 bridgehead atoms. The van der Waals surface area contributed by atoms with Gasteiger partial charge in [-0.1, -0.05) is 41.5 Å². The first-order valence-electron chi connectivity index (χ1n) is 7.79. The summed E-state index contributed by atoms with van der Waals surface area (Å²) in [6.45, 7) is 12.4. The van der Waals surface area contributed by atoms with Crippen molar-refractivity contribution >= 4 is 32.6 Å². The van der Waals surface area contributed by atoms with Gasteiger partial charge >= 0.3 is 14.6 Å². The summed E-state index contributed by atoms with van der Waals surface area (Å²) in [5, 5.41) is 0. The van der Waals surface area contributed by atoms with Crippen LogP contribution in [0.1, 0.15) is 63.0 Å². The fraction of sp³-hybridized carbons (Fsp3) is 0.562. The van der Waals surface area contributed by atoms with Gasteiger partial charge < -0.3 is 9.26 Å². The number of hydrogen-bond donors (Lipinski definition) is 0. The van der Waals surface area contributed by atoms with Crippen LogP contribution in [-0.4, -0.2) is 13.1 Å². The van der Waals surface area contributed by atoms with Gasteiger partial charge in [0.05, 0.1) is 12.7 Å². The van der Waals surface area contributed by atoms with E-state index in [1.807, 2.05) is 12.1 Å². The zero-order chi connectivity index (χ0) is 18.8. The van der Waals surface area contributed by atoms with E-state index >= 15 is 0 Å². The van der Waals surface area contributed by atoms with Crippen LogP contribution in [0.2, 0.25) is 0 Å². The lowest BCUT2D eigenvalue weighted by atomic mass is 9.78. The number of benzene rings is 1. The number of methoxy groups -OCH3 is 1. The number of carbonyl (C=O) groups excluding carboxylic acids is 1. The van der Waals surface area contributed by atoms with Crippen molar-refractivity contribution in [2.45, 2.75) is 52.4 Å². The molecule has 0 saturated carbocycles. The van der Waals surface area contributed by atoms with Gasteiger partial charge in [0, 0.05) is 11.1 Å². The molecule has 0 N–H and O–H groups in total. The normalized spacial score (nSPS) is 20.7. The maximum Gasteiger partial charge on any atom is 0.407 e. The van der Waals surface area contributed by atoms with Crippen molar-refractivity contribution in [3.05, 3.63) is 28.8 Å². The predicted octanol–water partition coefficient (Wildman–Crippen LogP) is 5.75. The molecule has 2 rings (SSSR count). The highest BCUT2D eigenvalue weighted by Crippen LogP contribution is 2.59. The molecule has 1 saturated heterocycles. The minimum atomic E-state index is -1.52. The SMILES string of the molecule is COC(=O)c1cc(C(C)(C)C)c(OP2OPOPO2)c(C(C)(C)C)c1. The molecule has 1 aliphatic rings. The monoisotopic (exact) mass is 406 g/mol. The van der Waals surface area contributed by atoms with Crippen LogP contribution in [0.25, 0.3) is 0 Å². The molecule has 9 heteroatoms. The first kappa shape index (κ1) is 21.0. The zero-order valence-corrected chi connectivity index (χ0v) is 18.4. The highest BCUT2D eigenvalue weighted by molar-refractivity contribution is 7.61. The average Bonchev–Trinajstić information content (AvgIpc) is 2.53. The van der Waals surface area contributed by atoms with E-state index in [4.69, 9.17) is 22.2 Å². The number of carbonyl (C=O) groups is 1. The number of hydrogen-bond acceptors (Lipinski definition) is 6. The Morgan fingerprint density at radius 1 is 1.00 bits per heavy atom. The Morgan fingerprint density at radius 3 is 1.88 bits per heavy atom. The molecule has 1 aromatic carbocycles. The summed E-state index contributed by atoms with van der Waals surface area (Å²) in [6.07, 6.45) is 0. The van der Waals surface area contributed by atoms with Crippen molar-refractivity contribution in [1.29, 1.82) is 0 Å². The van der Waals surface area contributed by atoms with Crippen molar-refractivity contribution in [3.63, 3.8) is 0 Å². The van der Waals surface area contributed by atoms with E-state index in [-0.39, 0.29) is 34.9 Å². The smallest absolute Gasteiger partial charge is 0.407 e. The molecule has 0 aromatic heterocycles. The minimum absolute atomic E-state index is 0.0887. The molecule has 1 fully saturated rings. The fourth-order valence-corrected chi connectivity index (χ4v) is 5.04. The molecule has 140 valence electrons. The predicted molar refractivity (Wildman–Crippen MR) is 103 cm³/mol. The molecule has 0 spiro atoms. The molecule has 1 heterocycles. The second-order valence-electron chi connectivity index (χ2n) is 7.66. The Morgan fingerprint density at radius 2 is 1.48 bits per heavy atom. The first-order chi connectivity index (χ1) is 11.5. The van der Waals surface area contributed by atoms with Crippen molar-refractivity contribution in [3.8, 4) is 5.75 Å². The lowest BCUT2D eigenvalue weighted by Gasteiger charge is -2.31. The Balaban J connectivity index is 2.61. The maximum atomic E-state index is 12.2. The highest BCUT2D eigenvalue weighted by Gasteiger charge is 2.32. The van der Waals surface area contributed by atoms with Gasteiger partial charge in [-0.25, -0.2) is 4.79 Å². The molecular weight excluding hydrogens is 381 g/mol. The van der Waals surface area contributed by atoms with E-state index in [1.54, 1.807) is 0 Å². The van der Waals surface area contributed by atoms with Crippen LogP contribution >= 0.6 is 26.7 Å². The third-order valence-electron chi connectivity index (χ3n) is 3.60. The van der Waals surface area contributed by atoms with Gasteiger partial charge in [-0.15, -0.1) is 0 Å². The van der Waals surface area contributed by atoms with Gasteiger partial charge in [0.15, 0.2) is 18.1 Å². The van der Waals surface area contributed by atoms with E-state index in [2.05, 4.69) is 41.5 Å². The fourth-order valence-electron chi connectivity index (χ4n) is 2.32. The first-order valence-corrected chi connectivity index (χ1v) is 10.5. The van der Waals surface area contributed by atoms with E-state index in [0.717, 1.165) is 11.1 Å². The Bertz CT molecular complexity index is 595. The summed E-state index contributed by atoms with van der Waals surface area (Å²) < 4.78 is 27.1. The van der Waals surface area contributed by atoms with Crippen LogP contribution in [0.3, 0.4) is 0 Å². The summed E-state index contributed by atoms with van der Waals surface area (Å²) in [5.41, 5.74) is 1.84. The third-order valence-corrected chi connectivity index (χ3v) is 6.39. The summed E-state index contributed by atoms with van der Waals surface area (Å²) in [4.78, 5) is 12.2. The number of ether oxygens (including phenoxy) is 1. The van der Waals surface area contributed by atoms with Crippen LogP contribution in [-0.2, 0) is 28.5 Å². The van der Waals surface area contributed by atoms with Gasteiger partial charge in [0.1, 0.15) is 5.75 Å². The Hall–Kier alpha value is -0.340. The third kappa shape index (κ3) is 5.32. The molecule has 0 amide bonds. The van der Waals surface area contributed by atoms with Crippen molar-refractivity contribution in [1.82, 2.24) is 0 Å². The van der Waals surface area contributed by atoms with E-state index in [1.165, 1.54) is 7.11 Å². The average molecular weight is 406 g/mol. The van der Waals surface area contributed by atoms with Gasteiger partial charge in [-0.3, -0.25) is 12.9 Å². The van der Waals surface area contributed by atoms with Crippen LogP contribution in [0.5, 0.6) is 5.75 Å². The van der Waals surface area contributed by atoms with Crippen LogP contribution in [0.4, 0.5) is 0 Å². The standard InChI is InChI=1S/C16H25O6P3/c1-15(2,3)11-8-10(14(17)18-7)9-12(16(4,5)6)13(11)19-25-21-23-20-24-22-25/h8-9,23-24H,1-7H3. The van der Waals surface area contributed by atoms with Gasteiger partial charge in [0.2, 0.25) is 0 Å². The molecule has 2 unspecified atom stereocenters. The highest BCUT2D eigenvalue weighted by atomic mass is 31.3. The summed E-state index contributed by atoms with van der Waals surface area (Å²) >= 11 is 0. The Kier molecular flexibility index (Phi) is 6.82. The molecule has 1 aromatic rings. The molecule has 0 aliphatic carbocycles. The van der Waals surface area contributed by atoms with Gasteiger partial charge in [-0.2, -0.15) is 0 Å². The van der Waals surface area contributed by atoms with E-state index < -0.39 is 8.60 Å². The number of esters is 1. The van der Waals surface area contributed by atoms with Crippen molar-refractivity contribution in [2.75, 3.05) is 7.11 Å². The summed E-state index contributed by atoms with van der Waals surface area (Å²) in [7, 11) is -0.313. The largest absolute Gasteiger partial charge is 0.465 e. The molecular formula is C16H25O6P3. The second-order valence-corrected chi connectivity index (χ2v) is 10.9. The van der Waals surface area contributed by atoms with Gasteiger partial charge in [0.25, 0.3) is 0 Å². The topological polar surface area (TPSA) is 63.2 Å². The van der Waals surface area contributed by atoms with E-state index in [9.17, 15) is 4.79 Å². The lowest BCUT2D eigenvalue weighted by Crippen LogP contribution is -2.21. The van der Waals surface area contributed by atoms with Crippen LogP contribution in [0, 0.1) is 0 Å². The van der Waals surface area contributed by atoms with Crippen molar-refractivity contribution < 1.29 is 27.0 Å². The Labute approximate surface area is 154 Å². The quantitative estimate of drug-likeness (QED) is 0.470. The molecule has 0 radical (unpaired) electrons. The zero-order valence-electron chi connectivity index (χ0n) is 15.6. The lowest BCUT2D eigenvalue weighted by molar-refractivity contribution is 0.0600. The van der Waals surface area contributed by atoms with Crippen molar-refractivity contribution in [2.24, 2.45) is 0 Å². The number of rotatable bonds is 3. The molecule has 25 heavy (non-hydrogen) atoms.